The molecular weight excluding hydrogens is 462 g/mol. The van der Waals surface area contributed by atoms with E-state index in [-0.39, 0.29) is 23.3 Å². The molecule has 5 rings (SSSR count). The van der Waals surface area contributed by atoms with Crippen molar-refractivity contribution in [3.05, 3.63) is 81.5 Å². The van der Waals surface area contributed by atoms with E-state index < -0.39 is 0 Å². The van der Waals surface area contributed by atoms with E-state index in [1.165, 1.54) is 28.6 Å². The van der Waals surface area contributed by atoms with Crippen molar-refractivity contribution in [3.63, 3.8) is 0 Å². The fourth-order valence-electron chi connectivity index (χ4n) is 4.54. The van der Waals surface area contributed by atoms with Crippen molar-refractivity contribution in [2.45, 2.75) is 50.7 Å². The lowest BCUT2D eigenvalue weighted by molar-refractivity contribution is -0.115. The number of thiophene rings is 1. The van der Waals surface area contributed by atoms with E-state index in [2.05, 4.69) is 0 Å². The average Bonchev–Trinajstić information content (AvgIpc) is 3.23. The molecule has 0 aliphatic heterocycles. The molecule has 0 spiro atoms. The van der Waals surface area contributed by atoms with Crippen molar-refractivity contribution in [1.29, 1.82) is 0 Å². The standard InChI is InChI=1S/C27H27N3O2S2/c1-18(2)29-26(32)24-21-15-9-10-16-22(21)34-25(24)28-27(29)33-17-23(31)30(19-11-5-3-6-12-19)20-13-7-4-8-14-20/h3-8,11-14,18H,9-10,15-17H2,1-2H3. The fourth-order valence-corrected chi connectivity index (χ4v) is 6.82. The highest BCUT2D eigenvalue weighted by Crippen LogP contribution is 2.35. The first kappa shape index (κ1) is 22.9. The zero-order valence-corrected chi connectivity index (χ0v) is 21.0. The lowest BCUT2D eigenvalue weighted by Crippen LogP contribution is -2.29. The number of rotatable bonds is 6. The zero-order valence-electron chi connectivity index (χ0n) is 19.4. The molecule has 1 aliphatic carbocycles. The largest absolute Gasteiger partial charge is 0.284 e. The molecule has 2 heterocycles. The van der Waals surface area contributed by atoms with Gasteiger partial charge in [0.25, 0.3) is 5.56 Å². The van der Waals surface area contributed by atoms with E-state index in [1.807, 2.05) is 74.5 Å². The predicted octanol–water partition coefficient (Wildman–Crippen LogP) is 6.37. The van der Waals surface area contributed by atoms with Gasteiger partial charge in [-0.05, 0) is 69.4 Å². The Morgan fingerprint density at radius 2 is 1.65 bits per heavy atom. The number of amides is 1. The molecular formula is C27H27N3O2S2. The number of aromatic nitrogens is 2. The van der Waals surface area contributed by atoms with Crippen LogP contribution in [0.2, 0.25) is 0 Å². The van der Waals surface area contributed by atoms with Crippen LogP contribution >= 0.6 is 23.1 Å². The minimum Gasteiger partial charge on any atom is -0.284 e. The Morgan fingerprint density at radius 3 is 2.26 bits per heavy atom. The molecule has 0 saturated carbocycles. The second-order valence-electron chi connectivity index (χ2n) is 8.74. The normalized spacial score (nSPS) is 13.3. The molecule has 0 atom stereocenters. The molecule has 0 bridgehead atoms. The molecule has 0 saturated heterocycles. The maximum Gasteiger partial charge on any atom is 0.263 e. The quantitative estimate of drug-likeness (QED) is 0.233. The highest BCUT2D eigenvalue weighted by molar-refractivity contribution is 7.99. The summed E-state index contributed by atoms with van der Waals surface area (Å²) in [4.78, 5) is 35.8. The Bertz CT molecular complexity index is 1340. The van der Waals surface area contributed by atoms with Gasteiger partial charge in [-0.1, -0.05) is 48.2 Å². The van der Waals surface area contributed by atoms with Crippen LogP contribution in [-0.4, -0.2) is 21.2 Å². The van der Waals surface area contributed by atoms with Crippen LogP contribution in [0.4, 0.5) is 11.4 Å². The van der Waals surface area contributed by atoms with Gasteiger partial charge in [0.2, 0.25) is 5.91 Å². The van der Waals surface area contributed by atoms with Gasteiger partial charge in [-0.15, -0.1) is 11.3 Å². The van der Waals surface area contributed by atoms with Gasteiger partial charge in [0.15, 0.2) is 5.16 Å². The van der Waals surface area contributed by atoms with Crippen molar-refractivity contribution in [1.82, 2.24) is 9.55 Å². The van der Waals surface area contributed by atoms with Crippen LogP contribution in [0.3, 0.4) is 0 Å². The molecule has 174 valence electrons. The predicted molar refractivity (Wildman–Crippen MR) is 142 cm³/mol. The summed E-state index contributed by atoms with van der Waals surface area (Å²) in [6, 6.07) is 19.3. The van der Waals surface area contributed by atoms with Crippen molar-refractivity contribution in [2.24, 2.45) is 0 Å². The molecule has 4 aromatic rings. The SMILES string of the molecule is CC(C)n1c(SCC(=O)N(c2ccccc2)c2ccccc2)nc2sc3c(c2c1=O)CCCC3. The van der Waals surface area contributed by atoms with Crippen molar-refractivity contribution >= 4 is 50.6 Å². The van der Waals surface area contributed by atoms with Crippen LogP contribution < -0.4 is 10.5 Å². The van der Waals surface area contributed by atoms with E-state index >= 15 is 0 Å². The van der Waals surface area contributed by atoms with E-state index in [9.17, 15) is 9.59 Å². The van der Waals surface area contributed by atoms with Crippen molar-refractivity contribution in [2.75, 3.05) is 10.7 Å². The third-order valence-corrected chi connectivity index (χ3v) is 8.23. The first-order valence-electron chi connectivity index (χ1n) is 11.7. The maximum absolute atomic E-state index is 13.6. The third-order valence-electron chi connectivity index (χ3n) is 6.11. The molecule has 5 nitrogen and oxygen atoms in total. The Balaban J connectivity index is 1.49. The summed E-state index contributed by atoms with van der Waals surface area (Å²) in [5.74, 6) is 0.122. The molecule has 1 aliphatic rings. The highest BCUT2D eigenvalue weighted by atomic mass is 32.2. The van der Waals surface area contributed by atoms with Crippen LogP contribution in [0.25, 0.3) is 10.2 Å². The van der Waals surface area contributed by atoms with Gasteiger partial charge in [-0.3, -0.25) is 19.1 Å². The monoisotopic (exact) mass is 489 g/mol. The number of fused-ring (bicyclic) bond motifs is 3. The summed E-state index contributed by atoms with van der Waals surface area (Å²) in [6.45, 7) is 4.00. The number of benzene rings is 2. The van der Waals surface area contributed by atoms with Gasteiger partial charge in [0, 0.05) is 22.3 Å². The summed E-state index contributed by atoms with van der Waals surface area (Å²) >= 11 is 2.99. The summed E-state index contributed by atoms with van der Waals surface area (Å²) in [6.07, 6.45) is 4.28. The molecule has 34 heavy (non-hydrogen) atoms. The Hall–Kier alpha value is -2.90. The number of hydrogen-bond acceptors (Lipinski definition) is 5. The van der Waals surface area contributed by atoms with Gasteiger partial charge in [-0.25, -0.2) is 4.98 Å². The number of carbonyl (C=O) groups is 1. The topological polar surface area (TPSA) is 55.2 Å². The molecule has 0 radical (unpaired) electrons. The van der Waals surface area contributed by atoms with Gasteiger partial charge in [0.1, 0.15) is 4.83 Å². The molecule has 0 unspecified atom stereocenters. The zero-order chi connectivity index (χ0) is 23.7. The smallest absolute Gasteiger partial charge is 0.263 e. The molecule has 2 aromatic heterocycles. The molecule has 0 N–H and O–H groups in total. The maximum atomic E-state index is 13.6. The first-order chi connectivity index (χ1) is 16.5. The summed E-state index contributed by atoms with van der Waals surface area (Å²) < 4.78 is 1.76. The molecule has 7 heteroatoms. The Labute approximate surface area is 207 Å². The Morgan fingerprint density at radius 1 is 1.03 bits per heavy atom. The van der Waals surface area contributed by atoms with E-state index in [1.54, 1.807) is 20.8 Å². The van der Waals surface area contributed by atoms with Gasteiger partial charge in [0.05, 0.1) is 11.1 Å². The first-order valence-corrected chi connectivity index (χ1v) is 13.5. The van der Waals surface area contributed by atoms with Crippen LogP contribution in [0.1, 0.15) is 43.2 Å². The molecule has 0 fully saturated rings. The van der Waals surface area contributed by atoms with Gasteiger partial charge in [-0.2, -0.15) is 0 Å². The lowest BCUT2D eigenvalue weighted by atomic mass is 9.97. The number of para-hydroxylation sites is 2. The van der Waals surface area contributed by atoms with E-state index in [0.29, 0.717) is 5.16 Å². The minimum absolute atomic E-state index is 0.0253. The van der Waals surface area contributed by atoms with Gasteiger partial charge < -0.3 is 0 Å². The van der Waals surface area contributed by atoms with Crippen LogP contribution in [0.5, 0.6) is 0 Å². The number of hydrogen-bond donors (Lipinski definition) is 0. The fraction of sp³-hybridized carbons (Fsp3) is 0.296. The summed E-state index contributed by atoms with van der Waals surface area (Å²) in [7, 11) is 0. The Kier molecular flexibility index (Phi) is 6.57. The lowest BCUT2D eigenvalue weighted by Gasteiger charge is -2.23. The van der Waals surface area contributed by atoms with Crippen molar-refractivity contribution < 1.29 is 4.79 Å². The van der Waals surface area contributed by atoms with Crippen LogP contribution in [0, 0.1) is 0 Å². The number of anilines is 2. The average molecular weight is 490 g/mol. The van der Waals surface area contributed by atoms with E-state index in [0.717, 1.165) is 40.9 Å². The minimum atomic E-state index is -0.0578. The highest BCUT2D eigenvalue weighted by Gasteiger charge is 2.24. The van der Waals surface area contributed by atoms with Crippen LogP contribution in [0.15, 0.2) is 70.6 Å². The second kappa shape index (κ2) is 9.76. The van der Waals surface area contributed by atoms with E-state index in [4.69, 9.17) is 4.98 Å². The number of aryl methyl sites for hydroxylation is 2. The van der Waals surface area contributed by atoms with Crippen molar-refractivity contribution in [3.8, 4) is 0 Å². The number of nitrogens with zero attached hydrogens (tertiary/aromatic N) is 3. The van der Waals surface area contributed by atoms with Crippen LogP contribution in [-0.2, 0) is 17.6 Å². The second-order valence-corrected chi connectivity index (χ2v) is 10.8. The third kappa shape index (κ3) is 4.30. The summed E-state index contributed by atoms with van der Waals surface area (Å²) in [5, 5.41) is 1.40. The molecule has 2 aromatic carbocycles. The number of thioether (sulfide) groups is 1. The molecule has 1 amide bonds. The summed E-state index contributed by atoms with van der Waals surface area (Å²) in [5.41, 5.74) is 2.85. The number of carbonyl (C=O) groups excluding carboxylic acids is 1. The van der Waals surface area contributed by atoms with Gasteiger partial charge >= 0.3 is 0 Å².